The van der Waals surface area contributed by atoms with E-state index in [9.17, 15) is 4.79 Å². The number of carbonyl (C=O) groups is 1. The molecule has 7 heteroatoms. The molecule has 0 atom stereocenters. The molecule has 0 aliphatic carbocycles. The fourth-order valence-electron chi connectivity index (χ4n) is 4.21. The van der Waals surface area contributed by atoms with Crippen LogP contribution in [0.3, 0.4) is 0 Å². The minimum atomic E-state index is -0.139. The van der Waals surface area contributed by atoms with Gasteiger partial charge < -0.3 is 0 Å². The molecule has 0 saturated carbocycles. The number of rotatable bonds is 7. The average molecular weight is 533 g/mol. The van der Waals surface area contributed by atoms with Crippen molar-refractivity contribution in [3.8, 4) is 16.3 Å². The lowest BCUT2D eigenvalue weighted by Crippen LogP contribution is -2.21. The molecular formula is C31H24N4OS2. The van der Waals surface area contributed by atoms with Gasteiger partial charge in [-0.25, -0.2) is 4.68 Å². The van der Waals surface area contributed by atoms with Crippen molar-refractivity contribution in [2.75, 3.05) is 10.8 Å². The van der Waals surface area contributed by atoms with E-state index >= 15 is 0 Å². The van der Waals surface area contributed by atoms with Gasteiger partial charge in [-0.05, 0) is 60.8 Å². The summed E-state index contributed by atoms with van der Waals surface area (Å²) in [6.45, 7) is 2.08. The molecule has 0 N–H and O–H groups in total. The molecule has 0 spiro atoms. The molecule has 1 amide bonds. The van der Waals surface area contributed by atoms with Crippen LogP contribution in [0.1, 0.15) is 11.1 Å². The SMILES string of the molecule is Cc1ccc(SCC2=NN(c3ccccc3)C(=O)C2=Cc2cn(-c3ccccc3)nc2-c2cccs2)cc1. The zero-order chi connectivity index (χ0) is 25.9. The van der Waals surface area contributed by atoms with E-state index in [0.717, 1.165) is 38.1 Å². The maximum Gasteiger partial charge on any atom is 0.280 e. The molecule has 2 aromatic heterocycles. The quantitative estimate of drug-likeness (QED) is 0.161. The predicted molar refractivity (Wildman–Crippen MR) is 158 cm³/mol. The highest BCUT2D eigenvalue weighted by Gasteiger charge is 2.31. The largest absolute Gasteiger partial charge is 0.280 e. The molecule has 6 rings (SSSR count). The summed E-state index contributed by atoms with van der Waals surface area (Å²) in [7, 11) is 0. The van der Waals surface area contributed by atoms with Crippen LogP contribution in [-0.4, -0.2) is 27.2 Å². The summed E-state index contributed by atoms with van der Waals surface area (Å²) >= 11 is 3.30. The molecule has 0 unspecified atom stereocenters. The number of hydrazone groups is 1. The average Bonchev–Trinajstić information content (AvgIpc) is 3.70. The van der Waals surface area contributed by atoms with Gasteiger partial charge in [0.2, 0.25) is 0 Å². The summed E-state index contributed by atoms with van der Waals surface area (Å²) in [4.78, 5) is 15.9. The number of thiophene rings is 1. The van der Waals surface area contributed by atoms with E-state index in [1.807, 2.05) is 89.1 Å². The van der Waals surface area contributed by atoms with E-state index in [2.05, 4.69) is 37.3 Å². The molecule has 5 nitrogen and oxygen atoms in total. The van der Waals surface area contributed by atoms with E-state index < -0.39 is 0 Å². The van der Waals surface area contributed by atoms with Crippen molar-refractivity contribution in [2.24, 2.45) is 5.10 Å². The summed E-state index contributed by atoms with van der Waals surface area (Å²) in [6.07, 6.45) is 3.93. The van der Waals surface area contributed by atoms with Gasteiger partial charge >= 0.3 is 0 Å². The number of benzene rings is 3. The van der Waals surface area contributed by atoms with Crippen LogP contribution in [0, 0.1) is 6.92 Å². The molecule has 38 heavy (non-hydrogen) atoms. The third-order valence-corrected chi connectivity index (χ3v) is 8.07. The molecular weight excluding hydrogens is 509 g/mol. The Balaban J connectivity index is 1.41. The molecule has 1 aliphatic heterocycles. The number of hydrogen-bond acceptors (Lipinski definition) is 5. The van der Waals surface area contributed by atoms with E-state index in [1.54, 1.807) is 23.1 Å². The zero-order valence-electron chi connectivity index (χ0n) is 20.7. The van der Waals surface area contributed by atoms with Gasteiger partial charge in [-0.1, -0.05) is 60.2 Å². The molecule has 3 aromatic carbocycles. The maximum atomic E-state index is 13.8. The fraction of sp³-hybridized carbons (Fsp3) is 0.0645. The molecule has 186 valence electrons. The Morgan fingerprint density at radius 2 is 1.58 bits per heavy atom. The molecule has 0 bridgehead atoms. The van der Waals surface area contributed by atoms with Crippen molar-refractivity contribution in [1.29, 1.82) is 0 Å². The van der Waals surface area contributed by atoms with Gasteiger partial charge in [0.1, 0.15) is 5.69 Å². The number of nitrogens with zero attached hydrogens (tertiary/aromatic N) is 4. The van der Waals surface area contributed by atoms with Crippen molar-refractivity contribution in [3.63, 3.8) is 0 Å². The molecule has 0 radical (unpaired) electrons. The summed E-state index contributed by atoms with van der Waals surface area (Å²) in [5.74, 6) is 0.436. The maximum absolute atomic E-state index is 13.8. The van der Waals surface area contributed by atoms with Gasteiger partial charge in [0.25, 0.3) is 5.91 Å². The Hall–Kier alpha value is -4.20. The Bertz CT molecular complexity index is 1620. The van der Waals surface area contributed by atoms with Gasteiger partial charge in [0.05, 0.1) is 27.5 Å². The number of anilines is 1. The van der Waals surface area contributed by atoms with Crippen molar-refractivity contribution in [3.05, 3.63) is 125 Å². The second-order valence-corrected chi connectivity index (χ2v) is 10.8. The lowest BCUT2D eigenvalue weighted by atomic mass is 10.1. The number of para-hydroxylation sites is 2. The topological polar surface area (TPSA) is 50.5 Å². The van der Waals surface area contributed by atoms with E-state index in [-0.39, 0.29) is 5.91 Å². The first kappa shape index (κ1) is 24.2. The van der Waals surface area contributed by atoms with E-state index in [1.165, 1.54) is 10.6 Å². The summed E-state index contributed by atoms with van der Waals surface area (Å²) < 4.78 is 1.87. The standard InChI is InChI=1S/C31H24N4OS2/c1-22-14-16-26(17-15-22)38-21-28-27(31(36)35(32-28)25-11-6-3-7-12-25)19-23-20-34(24-9-4-2-5-10-24)33-30(23)29-13-8-18-37-29/h2-20H,21H2,1H3. The van der Waals surface area contributed by atoms with Crippen molar-refractivity contribution < 1.29 is 4.79 Å². The monoisotopic (exact) mass is 532 g/mol. The van der Waals surface area contributed by atoms with E-state index in [0.29, 0.717) is 11.3 Å². The first-order chi connectivity index (χ1) is 18.7. The van der Waals surface area contributed by atoms with Crippen LogP contribution in [0.4, 0.5) is 5.69 Å². The van der Waals surface area contributed by atoms with Crippen molar-refractivity contribution in [2.45, 2.75) is 11.8 Å². The molecule has 0 saturated heterocycles. The predicted octanol–water partition coefficient (Wildman–Crippen LogP) is 7.49. The molecule has 3 heterocycles. The number of carbonyl (C=O) groups excluding carboxylic acids is 1. The molecule has 5 aromatic rings. The van der Waals surface area contributed by atoms with E-state index in [4.69, 9.17) is 10.2 Å². The van der Waals surface area contributed by atoms with Crippen LogP contribution in [0.25, 0.3) is 22.3 Å². The number of aryl methyl sites for hydroxylation is 1. The smallest absolute Gasteiger partial charge is 0.267 e. The summed E-state index contributed by atoms with van der Waals surface area (Å²) in [5, 5.41) is 13.2. The third-order valence-electron chi connectivity index (χ3n) is 6.17. The highest BCUT2D eigenvalue weighted by atomic mass is 32.2. The van der Waals surface area contributed by atoms with Crippen LogP contribution >= 0.6 is 23.1 Å². The number of hydrogen-bond donors (Lipinski definition) is 0. The Morgan fingerprint density at radius 1 is 0.868 bits per heavy atom. The number of amides is 1. The van der Waals surface area contributed by atoms with Crippen LogP contribution < -0.4 is 5.01 Å². The first-order valence-corrected chi connectivity index (χ1v) is 14.1. The highest BCUT2D eigenvalue weighted by molar-refractivity contribution is 8.00. The molecule has 1 aliphatic rings. The van der Waals surface area contributed by atoms with Gasteiger partial charge in [-0.15, -0.1) is 23.1 Å². The second kappa shape index (κ2) is 10.7. The Labute approximate surface area is 229 Å². The first-order valence-electron chi connectivity index (χ1n) is 12.2. The fourth-order valence-corrected chi connectivity index (χ4v) is 5.78. The van der Waals surface area contributed by atoms with Gasteiger partial charge in [0.15, 0.2) is 0 Å². The Morgan fingerprint density at radius 3 is 2.26 bits per heavy atom. The zero-order valence-corrected chi connectivity index (χ0v) is 22.3. The van der Waals surface area contributed by atoms with Crippen molar-refractivity contribution >= 4 is 46.5 Å². The Kier molecular flexibility index (Phi) is 6.77. The number of thioether (sulfide) groups is 1. The second-order valence-electron chi connectivity index (χ2n) is 8.85. The normalized spacial score (nSPS) is 14.3. The van der Waals surface area contributed by atoms with Crippen LogP contribution in [0.15, 0.2) is 124 Å². The highest BCUT2D eigenvalue weighted by Crippen LogP contribution is 2.33. The summed E-state index contributed by atoms with van der Waals surface area (Å²) in [5.41, 5.74) is 5.97. The van der Waals surface area contributed by atoms with Gasteiger partial charge in [0, 0.05) is 22.4 Å². The number of aromatic nitrogens is 2. The van der Waals surface area contributed by atoms with Crippen LogP contribution in [0.5, 0.6) is 0 Å². The van der Waals surface area contributed by atoms with Gasteiger partial charge in [-0.2, -0.15) is 15.2 Å². The minimum Gasteiger partial charge on any atom is -0.267 e. The lowest BCUT2D eigenvalue weighted by Gasteiger charge is -2.10. The van der Waals surface area contributed by atoms with Gasteiger partial charge in [-0.3, -0.25) is 4.79 Å². The lowest BCUT2D eigenvalue weighted by molar-refractivity contribution is -0.114. The summed E-state index contributed by atoms with van der Waals surface area (Å²) in [6, 6.07) is 32.1. The molecule has 0 fully saturated rings. The van der Waals surface area contributed by atoms with Crippen LogP contribution in [-0.2, 0) is 4.79 Å². The third kappa shape index (κ3) is 4.98. The van der Waals surface area contributed by atoms with Crippen molar-refractivity contribution in [1.82, 2.24) is 9.78 Å². The minimum absolute atomic E-state index is 0.139. The van der Waals surface area contributed by atoms with Crippen LogP contribution in [0.2, 0.25) is 0 Å².